The van der Waals surface area contributed by atoms with E-state index in [9.17, 15) is 0 Å². The van der Waals surface area contributed by atoms with E-state index in [-0.39, 0.29) is 0 Å². The summed E-state index contributed by atoms with van der Waals surface area (Å²) in [4.78, 5) is 0. The van der Waals surface area contributed by atoms with Gasteiger partial charge >= 0.3 is 0 Å². The first-order chi connectivity index (χ1) is 3.41. The van der Waals surface area contributed by atoms with Crippen LogP contribution in [-0.4, -0.2) is 17.8 Å². The number of hydrogen-bond acceptors (Lipinski definition) is 3. The smallest absolute Gasteiger partial charge is 0.00446 e. The maximum atomic E-state index is 4.07. The summed E-state index contributed by atoms with van der Waals surface area (Å²) in [6, 6.07) is 0. The lowest BCUT2D eigenvalue weighted by Gasteiger charge is -1.90. The Balaban J connectivity index is 2.45. The van der Waals surface area contributed by atoms with Crippen LogP contribution in [-0.2, 0) is 0 Å². The predicted octanol–water partition coefficient (Wildman–Crippen LogP) is 2.32. The number of thiol groups is 1. The first-order valence-electron chi connectivity index (χ1n) is 2.18. The Morgan fingerprint density at radius 3 is 2.71 bits per heavy atom. The molecule has 0 saturated heterocycles. The van der Waals surface area contributed by atoms with E-state index in [0.717, 1.165) is 5.75 Å². The molecule has 0 amide bonds. The summed E-state index contributed by atoms with van der Waals surface area (Å²) >= 11 is 4.07. The zero-order chi connectivity index (χ0) is 5.54. The van der Waals surface area contributed by atoms with Crippen LogP contribution in [0.3, 0.4) is 0 Å². The van der Waals surface area contributed by atoms with Gasteiger partial charge in [0.15, 0.2) is 0 Å². The Bertz CT molecular complexity index is 26.1. The number of rotatable bonds is 4. The summed E-state index contributed by atoms with van der Waals surface area (Å²) in [7, 11) is 3.72. The highest BCUT2D eigenvalue weighted by atomic mass is 33.1. The van der Waals surface area contributed by atoms with E-state index in [2.05, 4.69) is 18.9 Å². The molecule has 0 fully saturated rings. The van der Waals surface area contributed by atoms with Gasteiger partial charge in [-0.25, -0.2) is 0 Å². The van der Waals surface area contributed by atoms with E-state index in [1.165, 1.54) is 12.2 Å². The third-order valence-corrected chi connectivity index (χ3v) is 2.72. The summed E-state index contributed by atoms with van der Waals surface area (Å²) in [5.74, 6) is 2.26. The van der Waals surface area contributed by atoms with E-state index in [4.69, 9.17) is 0 Å². The van der Waals surface area contributed by atoms with E-state index < -0.39 is 0 Å². The largest absolute Gasteiger partial charge is 0.179 e. The molecule has 0 heterocycles. The van der Waals surface area contributed by atoms with Crippen molar-refractivity contribution in [2.75, 3.05) is 17.8 Å². The van der Waals surface area contributed by atoms with E-state index in [0.29, 0.717) is 0 Å². The van der Waals surface area contributed by atoms with Gasteiger partial charge in [0, 0.05) is 5.75 Å². The van der Waals surface area contributed by atoms with Crippen molar-refractivity contribution in [3.8, 4) is 0 Å². The molecule has 0 radical (unpaired) electrons. The molecule has 0 rings (SSSR count). The molecule has 0 N–H and O–H groups in total. The fraction of sp³-hybridized carbons (Fsp3) is 1.00. The summed E-state index contributed by atoms with van der Waals surface area (Å²) in [6.45, 7) is 0. The molecule has 44 valence electrons. The monoisotopic (exact) mass is 154 g/mol. The second-order valence-corrected chi connectivity index (χ2v) is 4.20. The summed E-state index contributed by atoms with van der Waals surface area (Å²) in [5, 5.41) is 0. The molecule has 7 heavy (non-hydrogen) atoms. The third kappa shape index (κ3) is 7.05. The molecule has 0 aromatic carbocycles. The molecule has 0 atom stereocenters. The lowest BCUT2D eigenvalue weighted by Crippen LogP contribution is -1.75. The zero-order valence-corrected chi connectivity index (χ0v) is 6.91. The van der Waals surface area contributed by atoms with Crippen molar-refractivity contribution in [2.24, 2.45) is 0 Å². The summed E-state index contributed by atoms with van der Waals surface area (Å²) in [5.41, 5.74) is 0. The average Bonchev–Trinajstić information content (AvgIpc) is 1.69. The molecular weight excluding hydrogens is 144 g/mol. The van der Waals surface area contributed by atoms with Crippen LogP contribution < -0.4 is 0 Å². The van der Waals surface area contributed by atoms with Crippen molar-refractivity contribution in [3.05, 3.63) is 0 Å². The topological polar surface area (TPSA) is 0 Å². The van der Waals surface area contributed by atoms with E-state index in [1.54, 1.807) is 0 Å². The number of hydrogen-bond donors (Lipinski definition) is 1. The Labute approximate surface area is 58.6 Å². The highest BCUT2D eigenvalue weighted by Crippen LogP contribution is 2.17. The molecule has 0 saturated carbocycles. The minimum atomic E-state index is 1.02. The molecule has 3 heteroatoms. The third-order valence-electron chi connectivity index (χ3n) is 0.504. The van der Waals surface area contributed by atoms with Gasteiger partial charge in [-0.3, -0.25) is 0 Å². The first-order valence-corrected chi connectivity index (χ1v) is 5.54. The second kappa shape index (κ2) is 7.05. The average molecular weight is 154 g/mol. The predicted molar refractivity (Wildman–Crippen MR) is 44.4 cm³/mol. The lowest BCUT2D eigenvalue weighted by molar-refractivity contribution is 1.14. The van der Waals surface area contributed by atoms with Crippen LogP contribution in [0.25, 0.3) is 0 Å². The van der Waals surface area contributed by atoms with Gasteiger partial charge in [0.1, 0.15) is 0 Å². The van der Waals surface area contributed by atoms with E-state index >= 15 is 0 Å². The molecule has 0 unspecified atom stereocenters. The minimum Gasteiger partial charge on any atom is -0.179 e. The van der Waals surface area contributed by atoms with Crippen LogP contribution in [0.15, 0.2) is 0 Å². The molecule has 0 aromatic heterocycles. The molecule has 0 aliphatic rings. The summed E-state index contributed by atoms with van der Waals surface area (Å²) < 4.78 is 0. The van der Waals surface area contributed by atoms with Gasteiger partial charge in [0.05, 0.1) is 0 Å². The van der Waals surface area contributed by atoms with Crippen molar-refractivity contribution >= 4 is 34.2 Å². The van der Waals surface area contributed by atoms with Crippen molar-refractivity contribution in [3.63, 3.8) is 0 Å². The van der Waals surface area contributed by atoms with Gasteiger partial charge in [-0.2, -0.15) is 12.6 Å². The van der Waals surface area contributed by atoms with Gasteiger partial charge in [-0.05, 0) is 18.4 Å². The van der Waals surface area contributed by atoms with Crippen molar-refractivity contribution < 1.29 is 0 Å². The van der Waals surface area contributed by atoms with Gasteiger partial charge in [0.2, 0.25) is 0 Å². The zero-order valence-electron chi connectivity index (χ0n) is 4.39. The first kappa shape index (κ1) is 8.05. The maximum Gasteiger partial charge on any atom is 0.00446 e. The van der Waals surface area contributed by atoms with Gasteiger partial charge in [0.25, 0.3) is 0 Å². The molecule has 0 aliphatic carbocycles. The molecular formula is C4H10S3. The fourth-order valence-electron chi connectivity index (χ4n) is 0.207. The molecule has 0 spiro atoms. The van der Waals surface area contributed by atoms with Crippen molar-refractivity contribution in [1.82, 2.24) is 0 Å². The Kier molecular flexibility index (Phi) is 8.11. The van der Waals surface area contributed by atoms with Crippen LogP contribution in [0.2, 0.25) is 0 Å². The van der Waals surface area contributed by atoms with Crippen LogP contribution in [0.1, 0.15) is 6.42 Å². The van der Waals surface area contributed by atoms with Gasteiger partial charge < -0.3 is 0 Å². The van der Waals surface area contributed by atoms with Crippen LogP contribution in [0, 0.1) is 0 Å². The summed E-state index contributed by atoms with van der Waals surface area (Å²) in [6.07, 6.45) is 3.33. The van der Waals surface area contributed by atoms with Gasteiger partial charge in [-0.1, -0.05) is 21.6 Å². The van der Waals surface area contributed by atoms with Crippen LogP contribution in [0.4, 0.5) is 0 Å². The maximum absolute atomic E-state index is 4.07. The molecule has 0 aromatic rings. The van der Waals surface area contributed by atoms with Crippen LogP contribution >= 0.6 is 34.2 Å². The molecule has 0 bridgehead atoms. The second-order valence-electron chi connectivity index (χ2n) is 1.07. The fourth-order valence-corrected chi connectivity index (χ4v) is 1.86. The van der Waals surface area contributed by atoms with Crippen LogP contribution in [0.5, 0.6) is 0 Å². The van der Waals surface area contributed by atoms with E-state index in [1.807, 2.05) is 21.6 Å². The normalized spacial score (nSPS) is 9.43. The van der Waals surface area contributed by atoms with Gasteiger partial charge in [-0.15, -0.1) is 0 Å². The van der Waals surface area contributed by atoms with Crippen molar-refractivity contribution in [1.29, 1.82) is 0 Å². The Morgan fingerprint density at radius 2 is 2.29 bits per heavy atom. The molecule has 0 aliphatic heterocycles. The van der Waals surface area contributed by atoms with Crippen molar-refractivity contribution in [2.45, 2.75) is 6.42 Å². The highest BCUT2D eigenvalue weighted by Gasteiger charge is 1.81. The minimum absolute atomic E-state index is 1.02. The Hall–Kier alpha value is 1.05. The Morgan fingerprint density at radius 1 is 1.57 bits per heavy atom. The lowest BCUT2D eigenvalue weighted by atomic mass is 10.6. The SMILES string of the molecule is CSSCCCS. The molecule has 0 nitrogen and oxygen atoms in total. The standard InChI is InChI=1S/C4H10S3/c1-6-7-4-2-3-5/h5H,2-4H2,1H3. The highest BCUT2D eigenvalue weighted by molar-refractivity contribution is 8.76. The quantitative estimate of drug-likeness (QED) is 0.375.